The van der Waals surface area contributed by atoms with Gasteiger partial charge in [0.2, 0.25) is 5.52 Å². The monoisotopic (exact) mass is 438 g/mol. The van der Waals surface area contributed by atoms with Crippen LogP contribution in [-0.4, -0.2) is 17.5 Å². The third-order valence-corrected chi connectivity index (χ3v) is 6.79. The van der Waals surface area contributed by atoms with E-state index < -0.39 is 7.80 Å². The number of benzene rings is 2. The van der Waals surface area contributed by atoms with Crippen molar-refractivity contribution in [3.8, 4) is 0 Å². The first-order valence-electron chi connectivity index (χ1n) is 9.10. The Morgan fingerprint density at radius 2 is 1.46 bits per heavy atom. The van der Waals surface area contributed by atoms with E-state index in [4.69, 9.17) is 23.2 Å². The summed E-state index contributed by atoms with van der Waals surface area (Å²) in [6.07, 6.45) is -0.0328. The van der Waals surface area contributed by atoms with Crippen molar-refractivity contribution in [2.45, 2.75) is 46.5 Å². The van der Waals surface area contributed by atoms with Crippen molar-refractivity contribution in [3.63, 3.8) is 0 Å². The fraction of sp³-hybridized carbons (Fsp3) is 0.364. The minimum Gasteiger partial charge on any atom is -0.318 e. The quantitative estimate of drug-likeness (QED) is 0.364. The second kappa shape index (κ2) is 8.95. The van der Waals surface area contributed by atoms with Crippen molar-refractivity contribution < 1.29 is 14.2 Å². The first-order chi connectivity index (χ1) is 12.9. The summed E-state index contributed by atoms with van der Waals surface area (Å²) in [4.78, 5) is 25.2. The van der Waals surface area contributed by atoms with Crippen LogP contribution in [0.5, 0.6) is 0 Å². The zero-order valence-corrected chi connectivity index (χ0v) is 19.3. The van der Waals surface area contributed by atoms with Gasteiger partial charge in [-0.2, -0.15) is 0 Å². The van der Waals surface area contributed by atoms with E-state index in [9.17, 15) is 14.2 Å². The molecule has 2 aromatic carbocycles. The Kier molecular flexibility index (Phi) is 7.31. The summed E-state index contributed by atoms with van der Waals surface area (Å²) in [6.45, 7) is 10.0. The van der Waals surface area contributed by atoms with Crippen molar-refractivity contribution in [3.05, 3.63) is 68.2 Å². The maximum Gasteiger partial charge on any atom is 0.219 e. The zero-order chi connectivity index (χ0) is 21.2. The largest absolute Gasteiger partial charge is 0.318 e. The molecule has 0 aliphatic heterocycles. The molecule has 0 saturated carbocycles. The topological polar surface area (TPSA) is 51.2 Å². The molecule has 2 aromatic rings. The summed E-state index contributed by atoms with van der Waals surface area (Å²) in [7, 11) is -2.63. The van der Waals surface area contributed by atoms with E-state index in [1.165, 1.54) is 0 Å². The predicted molar refractivity (Wildman–Crippen MR) is 118 cm³/mol. The molecule has 0 N–H and O–H groups in total. The molecular weight excluding hydrogens is 414 g/mol. The maximum absolute atomic E-state index is 12.8. The Bertz CT molecular complexity index is 915. The molecule has 0 saturated heterocycles. The lowest BCUT2D eigenvalue weighted by Crippen LogP contribution is -2.13. The van der Waals surface area contributed by atoms with E-state index in [1.807, 2.05) is 26.0 Å². The van der Waals surface area contributed by atoms with Crippen molar-refractivity contribution in [1.82, 2.24) is 0 Å². The number of hydrogen-bond donors (Lipinski definition) is 0. The average molecular weight is 439 g/mol. The number of carbonyl (C=O) groups excluding carboxylic acids is 2. The van der Waals surface area contributed by atoms with Gasteiger partial charge in [0.1, 0.15) is 7.80 Å². The first-order valence-corrected chi connectivity index (χ1v) is 11.5. The third kappa shape index (κ3) is 5.14. The van der Waals surface area contributed by atoms with E-state index >= 15 is 0 Å². The predicted octanol–water partition coefficient (Wildman–Crippen LogP) is 6.88. The number of rotatable bonds is 6. The summed E-state index contributed by atoms with van der Waals surface area (Å²) in [6, 6.07) is 8.77. The Hall–Kier alpha value is -1.41. The molecule has 150 valence electrons. The maximum atomic E-state index is 12.8. The van der Waals surface area contributed by atoms with Gasteiger partial charge in [0.25, 0.3) is 0 Å². The second-order valence-corrected chi connectivity index (χ2v) is 10.6. The molecule has 0 fully saturated rings. The minimum atomic E-state index is -2.63. The van der Waals surface area contributed by atoms with Gasteiger partial charge in [-0.25, -0.2) is 0 Å². The molecule has 1 atom stereocenters. The highest BCUT2D eigenvalue weighted by Crippen LogP contribution is 2.35. The molecule has 0 spiro atoms. The Labute approximate surface area is 177 Å². The van der Waals surface area contributed by atoms with E-state index in [0.29, 0.717) is 5.56 Å². The first kappa shape index (κ1) is 22.9. The van der Waals surface area contributed by atoms with Crippen LogP contribution in [0.2, 0.25) is 10.0 Å². The highest BCUT2D eigenvalue weighted by molar-refractivity contribution is 7.64. The molecule has 3 nitrogen and oxygen atoms in total. The molecule has 0 heterocycles. The highest BCUT2D eigenvalue weighted by Gasteiger charge is 2.23. The van der Waals surface area contributed by atoms with Gasteiger partial charge in [-0.15, -0.1) is 0 Å². The van der Waals surface area contributed by atoms with Gasteiger partial charge < -0.3 is 4.57 Å². The fourth-order valence-electron chi connectivity index (χ4n) is 3.12. The van der Waals surface area contributed by atoms with Crippen LogP contribution in [0.25, 0.3) is 0 Å². The van der Waals surface area contributed by atoms with Gasteiger partial charge in [-0.3, -0.25) is 9.59 Å². The van der Waals surface area contributed by atoms with Gasteiger partial charge in [0.15, 0.2) is 5.78 Å². The van der Waals surface area contributed by atoms with Crippen LogP contribution in [0.1, 0.15) is 64.6 Å². The van der Waals surface area contributed by atoms with Gasteiger partial charge in [0, 0.05) is 18.1 Å². The number of aryl methyl sites for hydroxylation is 2. The Morgan fingerprint density at radius 3 is 1.93 bits per heavy atom. The fourth-order valence-corrected chi connectivity index (χ4v) is 5.09. The molecule has 0 radical (unpaired) electrons. The van der Waals surface area contributed by atoms with Crippen LogP contribution >= 0.6 is 31.0 Å². The van der Waals surface area contributed by atoms with Gasteiger partial charge in [-0.1, -0.05) is 62.2 Å². The Morgan fingerprint density at radius 1 is 0.964 bits per heavy atom. The zero-order valence-electron chi connectivity index (χ0n) is 16.8. The van der Waals surface area contributed by atoms with Crippen LogP contribution < -0.4 is 0 Å². The summed E-state index contributed by atoms with van der Waals surface area (Å²) in [5.74, 6) is -0.307. The highest BCUT2D eigenvalue weighted by atomic mass is 35.5. The molecule has 2 rings (SSSR count). The molecule has 0 aromatic heterocycles. The van der Waals surface area contributed by atoms with E-state index in [2.05, 4.69) is 20.8 Å². The van der Waals surface area contributed by atoms with E-state index in [1.54, 1.807) is 18.2 Å². The number of hydrogen-bond acceptors (Lipinski definition) is 3. The molecule has 0 bridgehead atoms. The van der Waals surface area contributed by atoms with Crippen LogP contribution in [0.3, 0.4) is 0 Å². The molecule has 0 amide bonds. The van der Waals surface area contributed by atoms with Gasteiger partial charge in [0.05, 0.1) is 15.6 Å². The molecular formula is C22H25Cl2O3P. The van der Waals surface area contributed by atoms with Crippen molar-refractivity contribution >= 4 is 42.3 Å². The molecule has 0 aliphatic carbocycles. The number of halogens is 2. The number of ketones is 1. The van der Waals surface area contributed by atoms with Crippen molar-refractivity contribution in [2.24, 2.45) is 0 Å². The molecule has 1 unspecified atom stereocenters. The third-order valence-electron chi connectivity index (χ3n) is 4.70. The number of carbonyl (C=O) groups is 2. The smallest absolute Gasteiger partial charge is 0.219 e. The lowest BCUT2D eigenvalue weighted by atomic mass is 9.84. The van der Waals surface area contributed by atoms with Gasteiger partial charge in [-0.05, 0) is 48.1 Å². The summed E-state index contributed by atoms with van der Waals surface area (Å²) < 4.78 is 12.7. The SMILES string of the molecule is Cc1cc(C(C)(C)C)cc(C)c1C(=O)[PH](=O)CCC(=O)c1c(Cl)cccc1Cl. The molecule has 6 heteroatoms. The summed E-state index contributed by atoms with van der Waals surface area (Å²) in [5.41, 5.74) is 3.06. The molecule has 28 heavy (non-hydrogen) atoms. The van der Waals surface area contributed by atoms with E-state index in [0.717, 1.165) is 16.7 Å². The van der Waals surface area contributed by atoms with Crippen LogP contribution in [0, 0.1) is 13.8 Å². The second-order valence-electron chi connectivity index (χ2n) is 8.01. The van der Waals surface area contributed by atoms with Gasteiger partial charge >= 0.3 is 0 Å². The van der Waals surface area contributed by atoms with Crippen molar-refractivity contribution in [2.75, 3.05) is 6.16 Å². The standard InChI is InChI=1S/C22H25Cl2O3P/c1-13-11-15(22(3,4)5)12-14(2)19(13)21(26)28(27)10-9-18(25)20-16(23)7-6-8-17(20)24/h6-8,11-12,28H,9-10H2,1-5H3. The average Bonchev–Trinajstić information content (AvgIpc) is 2.57. The van der Waals surface area contributed by atoms with Crippen LogP contribution in [0.15, 0.2) is 30.3 Å². The number of Topliss-reactive ketones (excluding diaryl/α,β-unsaturated/α-hetero) is 1. The minimum absolute atomic E-state index is 0.00376. The lowest BCUT2D eigenvalue weighted by Gasteiger charge is -2.22. The normalized spacial score (nSPS) is 12.7. The van der Waals surface area contributed by atoms with Crippen LogP contribution in [-0.2, 0) is 9.98 Å². The lowest BCUT2D eigenvalue weighted by molar-refractivity contribution is 0.0989. The summed E-state index contributed by atoms with van der Waals surface area (Å²) in [5, 5.41) is 0.515. The summed E-state index contributed by atoms with van der Waals surface area (Å²) >= 11 is 12.1. The van der Waals surface area contributed by atoms with Crippen molar-refractivity contribution in [1.29, 1.82) is 0 Å². The molecule has 0 aliphatic rings. The van der Waals surface area contributed by atoms with E-state index in [-0.39, 0.29) is 44.9 Å². The Balaban J connectivity index is 2.18. The van der Waals surface area contributed by atoms with Crippen LogP contribution in [0.4, 0.5) is 0 Å².